The van der Waals surface area contributed by atoms with Crippen molar-refractivity contribution in [3.05, 3.63) is 41.3 Å². The Morgan fingerprint density at radius 1 is 1.33 bits per heavy atom. The molecule has 0 spiro atoms. The summed E-state index contributed by atoms with van der Waals surface area (Å²) >= 11 is 0. The Hall–Kier alpha value is -2.56. The molecule has 2 N–H and O–H groups in total. The summed E-state index contributed by atoms with van der Waals surface area (Å²) in [4.78, 5) is 14.8. The molecule has 0 saturated carbocycles. The van der Waals surface area contributed by atoms with E-state index in [0.29, 0.717) is 5.76 Å². The second-order valence-corrected chi connectivity index (χ2v) is 5.22. The van der Waals surface area contributed by atoms with Crippen molar-refractivity contribution in [2.75, 3.05) is 0 Å². The minimum absolute atomic E-state index is 0.621. The molecule has 3 aromatic rings. The number of carbonyl (C=O) groups is 1. The lowest BCUT2D eigenvalue weighted by atomic mass is 9.94. The van der Waals surface area contributed by atoms with Crippen LogP contribution in [0.1, 0.15) is 29.9 Å². The van der Waals surface area contributed by atoms with Crippen LogP contribution in [-0.4, -0.2) is 21.2 Å². The number of aromatic nitrogens is 2. The molecular weight excluding hydrogens is 268 g/mol. The zero-order chi connectivity index (χ0) is 15.1. The molecule has 1 atom stereocenters. The summed E-state index contributed by atoms with van der Waals surface area (Å²) < 4.78 is 5.22. The Bertz CT molecular complexity index is 810. The third-order valence-corrected chi connectivity index (χ3v) is 3.83. The minimum Gasteiger partial charge on any atom is -0.481 e. The molecule has 0 aliphatic rings. The molecule has 0 bridgehead atoms. The first-order valence-electron chi connectivity index (χ1n) is 6.77. The van der Waals surface area contributed by atoms with E-state index in [1.807, 2.05) is 38.1 Å². The first kappa shape index (κ1) is 13.4. The first-order valence-corrected chi connectivity index (χ1v) is 6.77. The topological polar surface area (TPSA) is 79.1 Å². The largest absolute Gasteiger partial charge is 0.481 e. The number of hydrogen-bond acceptors (Lipinski definition) is 3. The highest BCUT2D eigenvalue weighted by Gasteiger charge is 2.26. The van der Waals surface area contributed by atoms with Gasteiger partial charge in [-0.25, -0.2) is 0 Å². The molecule has 1 aromatic carbocycles. The second kappa shape index (κ2) is 4.77. The van der Waals surface area contributed by atoms with Crippen molar-refractivity contribution in [1.82, 2.24) is 10.1 Å². The van der Waals surface area contributed by atoms with Crippen LogP contribution >= 0.6 is 0 Å². The Morgan fingerprint density at radius 2 is 2.05 bits per heavy atom. The monoisotopic (exact) mass is 284 g/mol. The van der Waals surface area contributed by atoms with Gasteiger partial charge in [-0.1, -0.05) is 23.4 Å². The SMILES string of the molecule is Cc1noc(C)c1-c1[nH]c2ccccc2c1C(C)C(=O)O. The zero-order valence-corrected chi connectivity index (χ0v) is 12.1. The van der Waals surface area contributed by atoms with Crippen LogP contribution in [-0.2, 0) is 4.79 Å². The van der Waals surface area contributed by atoms with Gasteiger partial charge in [-0.3, -0.25) is 4.79 Å². The van der Waals surface area contributed by atoms with Crippen molar-refractivity contribution < 1.29 is 14.4 Å². The molecule has 0 aliphatic carbocycles. The highest BCUT2D eigenvalue weighted by molar-refractivity contribution is 5.96. The first-order chi connectivity index (χ1) is 10.0. The summed E-state index contributed by atoms with van der Waals surface area (Å²) in [6, 6.07) is 7.70. The van der Waals surface area contributed by atoms with E-state index in [0.717, 1.165) is 33.4 Å². The van der Waals surface area contributed by atoms with Crippen molar-refractivity contribution in [1.29, 1.82) is 0 Å². The number of fused-ring (bicyclic) bond motifs is 1. The normalized spacial score (nSPS) is 12.7. The number of aromatic amines is 1. The van der Waals surface area contributed by atoms with Gasteiger partial charge in [0.1, 0.15) is 5.76 Å². The highest BCUT2D eigenvalue weighted by Crippen LogP contribution is 2.38. The lowest BCUT2D eigenvalue weighted by Gasteiger charge is -2.09. The molecule has 108 valence electrons. The number of carboxylic acids is 1. The van der Waals surface area contributed by atoms with E-state index < -0.39 is 11.9 Å². The quantitative estimate of drug-likeness (QED) is 0.769. The lowest BCUT2D eigenvalue weighted by molar-refractivity contribution is -0.138. The van der Waals surface area contributed by atoms with Gasteiger partial charge in [0, 0.05) is 10.9 Å². The molecule has 0 radical (unpaired) electrons. The molecule has 21 heavy (non-hydrogen) atoms. The van der Waals surface area contributed by atoms with Crippen LogP contribution in [0.4, 0.5) is 0 Å². The Morgan fingerprint density at radius 3 is 2.67 bits per heavy atom. The smallest absolute Gasteiger partial charge is 0.310 e. The van der Waals surface area contributed by atoms with Gasteiger partial charge < -0.3 is 14.6 Å². The summed E-state index contributed by atoms with van der Waals surface area (Å²) in [5.74, 6) is -0.796. The summed E-state index contributed by atoms with van der Waals surface area (Å²) in [5.41, 5.74) is 4.05. The van der Waals surface area contributed by atoms with E-state index in [2.05, 4.69) is 10.1 Å². The van der Waals surface area contributed by atoms with Crippen molar-refractivity contribution in [3.8, 4) is 11.3 Å². The predicted molar refractivity (Wildman–Crippen MR) is 79.3 cm³/mol. The second-order valence-electron chi connectivity index (χ2n) is 5.22. The summed E-state index contributed by atoms with van der Waals surface area (Å²) in [5, 5.41) is 14.3. The van der Waals surface area contributed by atoms with Gasteiger partial charge in [0.05, 0.1) is 22.9 Å². The number of nitrogens with one attached hydrogen (secondary N) is 1. The molecule has 0 aliphatic heterocycles. The van der Waals surface area contributed by atoms with E-state index >= 15 is 0 Å². The number of hydrogen-bond donors (Lipinski definition) is 2. The van der Waals surface area contributed by atoms with Gasteiger partial charge in [-0.2, -0.15) is 0 Å². The van der Waals surface area contributed by atoms with Gasteiger partial charge in [0.2, 0.25) is 0 Å². The average molecular weight is 284 g/mol. The van der Waals surface area contributed by atoms with Crippen LogP contribution in [0.2, 0.25) is 0 Å². The van der Waals surface area contributed by atoms with Crippen LogP contribution in [0.25, 0.3) is 22.2 Å². The Labute approximate surface area is 121 Å². The number of rotatable bonds is 3. The molecule has 5 nitrogen and oxygen atoms in total. The minimum atomic E-state index is -0.854. The summed E-state index contributed by atoms with van der Waals surface area (Å²) in [7, 11) is 0. The fraction of sp³-hybridized carbons (Fsp3) is 0.250. The van der Waals surface area contributed by atoms with E-state index in [-0.39, 0.29) is 0 Å². The van der Waals surface area contributed by atoms with E-state index in [4.69, 9.17) is 4.52 Å². The molecule has 0 amide bonds. The maximum atomic E-state index is 11.5. The highest BCUT2D eigenvalue weighted by atomic mass is 16.5. The standard InChI is InChI=1S/C16H16N2O3/c1-8(16(19)20)13-11-6-4-5-7-12(11)17-15(13)14-9(2)18-21-10(14)3/h4-8,17H,1-3H3,(H,19,20). The number of carboxylic acid groups (broad SMARTS) is 1. The number of aryl methyl sites for hydroxylation is 2. The van der Waals surface area contributed by atoms with Crippen LogP contribution in [0.5, 0.6) is 0 Å². The van der Waals surface area contributed by atoms with Crippen LogP contribution in [0, 0.1) is 13.8 Å². The number of nitrogens with zero attached hydrogens (tertiary/aromatic N) is 1. The van der Waals surface area contributed by atoms with Gasteiger partial charge in [0.25, 0.3) is 0 Å². The van der Waals surface area contributed by atoms with Crippen molar-refractivity contribution in [2.24, 2.45) is 0 Å². The van der Waals surface area contributed by atoms with E-state index in [1.165, 1.54) is 0 Å². The van der Waals surface area contributed by atoms with Crippen LogP contribution in [0.3, 0.4) is 0 Å². The molecule has 0 saturated heterocycles. The average Bonchev–Trinajstić information content (AvgIpc) is 2.98. The zero-order valence-electron chi connectivity index (χ0n) is 12.1. The van der Waals surface area contributed by atoms with Gasteiger partial charge in [-0.15, -0.1) is 0 Å². The predicted octanol–water partition coefficient (Wildman–Crippen LogP) is 3.63. The Balaban J connectivity index is 2.37. The van der Waals surface area contributed by atoms with Crippen molar-refractivity contribution in [3.63, 3.8) is 0 Å². The molecular formula is C16H16N2O3. The van der Waals surface area contributed by atoms with Crippen LogP contribution < -0.4 is 0 Å². The lowest BCUT2D eigenvalue weighted by Crippen LogP contribution is -2.08. The van der Waals surface area contributed by atoms with Gasteiger partial charge >= 0.3 is 5.97 Å². The molecule has 3 rings (SSSR count). The molecule has 0 fully saturated rings. The third-order valence-electron chi connectivity index (χ3n) is 3.83. The molecule has 2 aromatic heterocycles. The van der Waals surface area contributed by atoms with Gasteiger partial charge in [-0.05, 0) is 32.4 Å². The van der Waals surface area contributed by atoms with Crippen LogP contribution in [0.15, 0.2) is 28.8 Å². The van der Waals surface area contributed by atoms with Crippen molar-refractivity contribution >= 4 is 16.9 Å². The van der Waals surface area contributed by atoms with E-state index in [1.54, 1.807) is 6.92 Å². The van der Waals surface area contributed by atoms with Crippen molar-refractivity contribution in [2.45, 2.75) is 26.7 Å². The number of aliphatic carboxylic acids is 1. The summed E-state index contributed by atoms with van der Waals surface area (Å²) in [6.45, 7) is 5.38. The third kappa shape index (κ3) is 2.01. The Kier molecular flexibility index (Phi) is 3.05. The fourth-order valence-corrected chi connectivity index (χ4v) is 2.77. The maximum Gasteiger partial charge on any atom is 0.310 e. The summed E-state index contributed by atoms with van der Waals surface area (Å²) in [6.07, 6.45) is 0. The molecule has 2 heterocycles. The number of benzene rings is 1. The molecule has 1 unspecified atom stereocenters. The van der Waals surface area contributed by atoms with Gasteiger partial charge in [0.15, 0.2) is 0 Å². The number of H-pyrrole nitrogens is 1. The van der Waals surface area contributed by atoms with E-state index in [9.17, 15) is 9.90 Å². The fourth-order valence-electron chi connectivity index (χ4n) is 2.77. The molecule has 5 heteroatoms. The number of para-hydroxylation sites is 1. The maximum absolute atomic E-state index is 11.5.